The molecule has 562 valence electrons. The number of hydrogen-bond acceptors (Lipinski definition) is 13. The Morgan fingerprint density at radius 1 is 0.233 bits per heavy atom. The normalized spacial score (nSPS) is 12.5. The first-order chi connectivity index (χ1) is 58.6. The maximum atomic E-state index is 14.7. The molecule has 0 fully saturated rings. The SMILES string of the molecule is Cc1ccc2c(c1)c(=O)c1cccc3c(=O)c4cc(-c5ccc(-c6ccc(-c7ccc8c(c7)c(=O)c7cccc9c(=O)c%10cc(C)ccc%10n8c97)s6)s5)ccc4n2c13.O=c1c2ccccc2n2c3ccc(-c4cc5nc(-c6ccccc6)sc5cc4-c4cc5c6c(c4)c(=O)c4cccc7c(=O)c8cccc(c8n6c74)S5)cc3c(=O)c3cccc1c32. The first kappa shape index (κ1) is 68.5. The third kappa shape index (κ3) is 9.50. The summed E-state index contributed by atoms with van der Waals surface area (Å²) in [6.07, 6.45) is 0. The lowest BCUT2D eigenvalue weighted by atomic mass is 9.91. The lowest BCUT2D eigenvalue weighted by Gasteiger charge is -2.23. The zero-order valence-corrected chi connectivity index (χ0v) is 66.5. The van der Waals surface area contributed by atoms with Gasteiger partial charge in [0.15, 0.2) is 43.4 Å². The Balaban J connectivity index is 0.000000133. The molecule has 1 aliphatic heterocycles. The van der Waals surface area contributed by atoms with Crippen LogP contribution in [0.1, 0.15) is 11.1 Å². The maximum Gasteiger partial charge on any atom is 0.197 e. The van der Waals surface area contributed by atoms with Gasteiger partial charge in [-0.1, -0.05) is 126 Å². The van der Waals surface area contributed by atoms with E-state index in [1.807, 2.05) is 196 Å². The van der Waals surface area contributed by atoms with E-state index in [0.29, 0.717) is 114 Å². The smallest absolute Gasteiger partial charge is 0.197 e. The van der Waals surface area contributed by atoms with Crippen molar-refractivity contribution in [2.24, 2.45) is 0 Å². The maximum absolute atomic E-state index is 14.7. The lowest BCUT2D eigenvalue weighted by Crippen LogP contribution is -2.16. The fraction of sp³-hybridized carbons (Fsp3) is 0.0194. The second kappa shape index (κ2) is 24.9. The summed E-state index contributed by atoms with van der Waals surface area (Å²) >= 11 is 6.52. The molecular formula is C103H53N5O8S4. The number of hydrogen-bond donors (Lipinski definition) is 0. The van der Waals surface area contributed by atoms with E-state index in [1.54, 1.807) is 82.2 Å². The number of nitrogens with zero attached hydrogens (tertiary/aromatic N) is 5. The molecule has 0 spiro atoms. The number of fused-ring (bicyclic) bond motifs is 13. The standard InChI is InChI=1S/C53H25N3O4S2.C50H28N2O4S2/c57-49-29-11-4-5-17-40(29)55-41-20-19-27(21-37(41)51(59)31-13-6-12-30(49)45(31)55)35-24-39-43(62-53(54-39)26-9-2-1-3-10-26)25-36(35)28-22-38-48-44(23-28)61-42-18-8-16-34-47(42)56(48)46-32(50(34)58)14-7-15-33(46)52(38)60;1-25-9-13-37-33(21-25)47(53)29-5-3-7-31-45(29)51(37)39-15-11-27(23-35(39)49(31)55)41-17-19-43(57-41)44-20-18-42(58-44)28-12-16-40-36(24-28)50(56)32-8-4-6-30-46(32)52(40)38-14-10-26(2)22-34(38)48(30)54/h1-25H;3-24H,1-2H3. The van der Waals surface area contributed by atoms with Gasteiger partial charge in [-0.2, -0.15) is 0 Å². The number of thiazole rings is 1. The number of rotatable bonds is 6. The van der Waals surface area contributed by atoms with Crippen molar-refractivity contribution in [2.75, 3.05) is 0 Å². The number of thiophene rings is 2. The molecule has 0 unspecified atom stereocenters. The zero-order chi connectivity index (χ0) is 80.3. The molecule has 0 amide bonds. The average molecular weight is 1620 g/mol. The van der Waals surface area contributed by atoms with Gasteiger partial charge in [0.2, 0.25) is 0 Å². The first-order valence-electron chi connectivity index (χ1n) is 39.2. The fourth-order valence-electron chi connectivity index (χ4n) is 19.1. The van der Waals surface area contributed by atoms with Crippen LogP contribution in [0.4, 0.5) is 0 Å². The van der Waals surface area contributed by atoms with Gasteiger partial charge >= 0.3 is 0 Å². The summed E-state index contributed by atoms with van der Waals surface area (Å²) in [6.45, 7) is 3.96. The highest BCUT2D eigenvalue weighted by atomic mass is 32.2. The number of aromatic nitrogens is 5. The zero-order valence-electron chi connectivity index (χ0n) is 63.3. The van der Waals surface area contributed by atoms with E-state index in [2.05, 4.69) is 84.3 Å². The van der Waals surface area contributed by atoms with Crippen LogP contribution in [0.25, 0.3) is 226 Å². The summed E-state index contributed by atoms with van der Waals surface area (Å²) in [7, 11) is 0. The minimum atomic E-state index is -0.152. The van der Waals surface area contributed by atoms with Gasteiger partial charge in [0.05, 0.1) is 76.4 Å². The molecule has 17 heteroatoms. The summed E-state index contributed by atoms with van der Waals surface area (Å²) in [5.74, 6) is 0. The van der Waals surface area contributed by atoms with Crippen LogP contribution in [0.3, 0.4) is 0 Å². The van der Waals surface area contributed by atoms with Crippen molar-refractivity contribution in [3.05, 3.63) is 378 Å². The second-order valence-electron chi connectivity index (χ2n) is 31.2. The van der Waals surface area contributed by atoms with E-state index >= 15 is 0 Å². The number of aryl methyl sites for hydroxylation is 2. The van der Waals surface area contributed by atoms with Crippen LogP contribution in [0.15, 0.2) is 333 Å². The molecule has 12 heterocycles. The molecule has 0 radical (unpaired) electrons. The molecule has 0 N–H and O–H groups in total. The van der Waals surface area contributed by atoms with E-state index in [0.717, 1.165) is 133 Å². The Labute approximate surface area is 690 Å². The number of pyridine rings is 8. The lowest BCUT2D eigenvalue weighted by molar-refractivity contribution is 1.22. The van der Waals surface area contributed by atoms with Crippen molar-refractivity contribution in [2.45, 2.75) is 23.6 Å². The molecule has 0 atom stereocenters. The van der Waals surface area contributed by atoms with Gasteiger partial charge in [0.25, 0.3) is 0 Å². The Morgan fingerprint density at radius 3 is 1.10 bits per heavy atom. The highest BCUT2D eigenvalue weighted by Crippen LogP contribution is 2.49. The van der Waals surface area contributed by atoms with Crippen molar-refractivity contribution < 1.29 is 0 Å². The predicted molar refractivity (Wildman–Crippen MR) is 497 cm³/mol. The molecule has 120 heavy (non-hydrogen) atoms. The molecule has 0 aliphatic carbocycles. The van der Waals surface area contributed by atoms with Gasteiger partial charge in [-0.15, -0.1) is 34.0 Å². The minimum Gasteiger partial charge on any atom is -0.308 e. The van der Waals surface area contributed by atoms with Gasteiger partial charge in [-0.25, -0.2) is 4.98 Å². The second-order valence-corrected chi connectivity index (χ2v) is 35.5. The van der Waals surface area contributed by atoms with Crippen molar-refractivity contribution in [3.63, 3.8) is 0 Å². The van der Waals surface area contributed by atoms with Crippen LogP contribution in [0.5, 0.6) is 0 Å². The van der Waals surface area contributed by atoms with Crippen LogP contribution in [-0.4, -0.2) is 22.6 Å². The van der Waals surface area contributed by atoms with Crippen molar-refractivity contribution in [3.8, 4) is 63.5 Å². The summed E-state index contributed by atoms with van der Waals surface area (Å²) in [6, 6.07) is 91.9. The van der Waals surface area contributed by atoms with Crippen molar-refractivity contribution >= 4 is 208 Å². The predicted octanol–water partition coefficient (Wildman–Crippen LogP) is 22.7. The molecule has 0 saturated carbocycles. The van der Waals surface area contributed by atoms with Crippen LogP contribution < -0.4 is 43.4 Å². The Bertz CT molecular complexity index is 9340. The molecule has 0 bridgehead atoms. The molecule has 14 aromatic carbocycles. The van der Waals surface area contributed by atoms with E-state index < -0.39 is 0 Å². The molecule has 1 aliphatic rings. The highest BCUT2D eigenvalue weighted by molar-refractivity contribution is 7.99. The quantitative estimate of drug-likeness (QED) is 0.115. The van der Waals surface area contributed by atoms with Crippen LogP contribution >= 0.6 is 45.8 Å². The first-order valence-corrected chi connectivity index (χ1v) is 42.4. The molecule has 25 aromatic rings. The third-order valence-electron chi connectivity index (χ3n) is 24.5. The minimum absolute atomic E-state index is 0.0612. The Kier molecular flexibility index (Phi) is 14.2. The number of benzene rings is 14. The summed E-state index contributed by atoms with van der Waals surface area (Å²) < 4.78 is 9.32. The van der Waals surface area contributed by atoms with Gasteiger partial charge < -0.3 is 17.6 Å². The van der Waals surface area contributed by atoms with Crippen molar-refractivity contribution in [1.29, 1.82) is 0 Å². The Morgan fingerprint density at radius 2 is 0.592 bits per heavy atom. The number of para-hydroxylation sites is 6. The molecule has 0 saturated heterocycles. The molecular weight excluding hydrogens is 1560 g/mol. The van der Waals surface area contributed by atoms with Gasteiger partial charge in [0, 0.05) is 121 Å². The third-order valence-corrected chi connectivity index (χ3v) is 29.1. The Hall–Kier alpha value is -14.7. The highest BCUT2D eigenvalue weighted by Gasteiger charge is 2.29. The topological polar surface area (TPSA) is 167 Å². The molecule has 26 rings (SSSR count). The molecule has 13 nitrogen and oxygen atoms in total. The van der Waals surface area contributed by atoms with Gasteiger partial charge in [-0.3, -0.25) is 38.4 Å². The monoisotopic (exact) mass is 1620 g/mol. The summed E-state index contributed by atoms with van der Waals surface area (Å²) in [5.41, 5.74) is 17.2. The van der Waals surface area contributed by atoms with Crippen molar-refractivity contribution in [1.82, 2.24) is 22.6 Å². The summed E-state index contributed by atoms with van der Waals surface area (Å²) in [5, 5.41) is 9.85. The summed E-state index contributed by atoms with van der Waals surface area (Å²) in [4.78, 5) is 124. The van der Waals surface area contributed by atoms with Gasteiger partial charge in [-0.05, 0) is 229 Å². The van der Waals surface area contributed by atoms with Crippen LogP contribution in [0.2, 0.25) is 0 Å². The fourth-order valence-corrected chi connectivity index (χ4v) is 23.4. The van der Waals surface area contributed by atoms with Crippen LogP contribution in [-0.2, 0) is 0 Å². The van der Waals surface area contributed by atoms with E-state index in [9.17, 15) is 38.4 Å². The van der Waals surface area contributed by atoms with Gasteiger partial charge in [0.1, 0.15) is 5.01 Å². The largest absolute Gasteiger partial charge is 0.308 e. The van der Waals surface area contributed by atoms with E-state index in [4.69, 9.17) is 4.98 Å². The average Bonchev–Trinajstić information content (AvgIpc) is 0.755. The van der Waals surface area contributed by atoms with E-state index in [-0.39, 0.29) is 43.4 Å². The molecule has 11 aromatic heterocycles. The van der Waals surface area contributed by atoms with Crippen LogP contribution in [0, 0.1) is 13.8 Å². The van der Waals surface area contributed by atoms with E-state index in [1.165, 1.54) is 0 Å².